The number of carbonyl (C=O) groups is 2. The van der Waals surface area contributed by atoms with Gasteiger partial charge in [-0.15, -0.1) is 11.8 Å². The highest BCUT2D eigenvalue weighted by Gasteiger charge is 2.15. The monoisotopic (exact) mass is 388 g/mol. The van der Waals surface area contributed by atoms with Crippen molar-refractivity contribution in [2.45, 2.75) is 24.8 Å². The van der Waals surface area contributed by atoms with Crippen molar-refractivity contribution in [1.29, 1.82) is 0 Å². The van der Waals surface area contributed by atoms with Gasteiger partial charge < -0.3 is 20.1 Å². The maximum Gasteiger partial charge on any atom is 0.256 e. The zero-order valence-electron chi connectivity index (χ0n) is 15.9. The average molecular weight is 388 g/mol. The molecule has 0 radical (unpaired) electrons. The number of ether oxygens (including phenoxy) is 2. The molecule has 2 N–H and O–H groups in total. The van der Waals surface area contributed by atoms with Crippen molar-refractivity contribution in [2.24, 2.45) is 0 Å². The largest absolute Gasteiger partial charge is 0.497 e. The Balaban J connectivity index is 2.14. The molecule has 0 aliphatic heterocycles. The normalized spacial score (nSPS) is 10.4. The molecule has 2 rings (SSSR count). The molecule has 144 valence electrons. The van der Waals surface area contributed by atoms with Crippen LogP contribution in [-0.2, 0) is 4.79 Å². The number of methoxy groups -OCH3 is 2. The van der Waals surface area contributed by atoms with Gasteiger partial charge in [-0.05, 0) is 38.1 Å². The zero-order chi connectivity index (χ0) is 19.8. The van der Waals surface area contributed by atoms with Gasteiger partial charge in [0, 0.05) is 17.0 Å². The van der Waals surface area contributed by atoms with Crippen molar-refractivity contribution in [3.63, 3.8) is 0 Å². The molecule has 0 atom stereocenters. The minimum Gasteiger partial charge on any atom is -0.497 e. The van der Waals surface area contributed by atoms with E-state index in [0.29, 0.717) is 22.7 Å². The van der Waals surface area contributed by atoms with Crippen LogP contribution in [0.15, 0.2) is 47.4 Å². The summed E-state index contributed by atoms with van der Waals surface area (Å²) >= 11 is 1.33. The number of hydrogen-bond acceptors (Lipinski definition) is 5. The summed E-state index contributed by atoms with van der Waals surface area (Å²) in [6, 6.07) is 12.4. The molecule has 2 aromatic carbocycles. The van der Waals surface area contributed by atoms with Gasteiger partial charge in [0.2, 0.25) is 5.91 Å². The van der Waals surface area contributed by atoms with Gasteiger partial charge in [0.15, 0.2) is 0 Å². The summed E-state index contributed by atoms with van der Waals surface area (Å²) in [6.07, 6.45) is 0. The second kappa shape index (κ2) is 9.87. The van der Waals surface area contributed by atoms with E-state index in [1.54, 1.807) is 37.4 Å². The van der Waals surface area contributed by atoms with E-state index >= 15 is 0 Å². The Morgan fingerprint density at radius 3 is 2.48 bits per heavy atom. The molecule has 2 aromatic rings. The van der Waals surface area contributed by atoms with Crippen molar-refractivity contribution in [3.05, 3.63) is 48.0 Å². The smallest absolute Gasteiger partial charge is 0.256 e. The van der Waals surface area contributed by atoms with Crippen LogP contribution in [0.3, 0.4) is 0 Å². The second-order valence-electron chi connectivity index (χ2n) is 6.03. The fraction of sp³-hybridized carbons (Fsp3) is 0.300. The van der Waals surface area contributed by atoms with Crippen molar-refractivity contribution in [1.82, 2.24) is 5.32 Å². The topological polar surface area (TPSA) is 76.7 Å². The van der Waals surface area contributed by atoms with Gasteiger partial charge in [-0.1, -0.05) is 12.1 Å². The second-order valence-corrected chi connectivity index (χ2v) is 7.04. The first kappa shape index (κ1) is 20.6. The highest BCUT2D eigenvalue weighted by molar-refractivity contribution is 8.00. The lowest BCUT2D eigenvalue weighted by molar-refractivity contribution is -0.119. The molecule has 0 aliphatic rings. The Labute approximate surface area is 163 Å². The summed E-state index contributed by atoms with van der Waals surface area (Å²) in [4.78, 5) is 25.4. The number of amides is 2. The lowest BCUT2D eigenvalue weighted by Crippen LogP contribution is -2.31. The number of rotatable bonds is 8. The quantitative estimate of drug-likeness (QED) is 0.676. The van der Waals surface area contributed by atoms with Crippen LogP contribution in [0.1, 0.15) is 24.2 Å². The summed E-state index contributed by atoms with van der Waals surface area (Å²) < 4.78 is 10.5. The first-order valence-electron chi connectivity index (χ1n) is 8.49. The van der Waals surface area contributed by atoms with Crippen molar-refractivity contribution < 1.29 is 19.1 Å². The average Bonchev–Trinajstić information content (AvgIpc) is 2.66. The number of hydrogen-bond donors (Lipinski definition) is 2. The molecule has 0 saturated carbocycles. The van der Waals surface area contributed by atoms with Crippen LogP contribution in [-0.4, -0.2) is 37.8 Å². The first-order valence-corrected chi connectivity index (χ1v) is 9.47. The van der Waals surface area contributed by atoms with E-state index < -0.39 is 0 Å². The number of benzene rings is 2. The van der Waals surface area contributed by atoms with Gasteiger partial charge in [0.1, 0.15) is 11.5 Å². The van der Waals surface area contributed by atoms with E-state index in [1.807, 2.05) is 26.0 Å². The van der Waals surface area contributed by atoms with Crippen LogP contribution in [0.2, 0.25) is 0 Å². The summed E-state index contributed by atoms with van der Waals surface area (Å²) in [5, 5.41) is 5.69. The van der Waals surface area contributed by atoms with Gasteiger partial charge >= 0.3 is 0 Å². The van der Waals surface area contributed by atoms with Crippen LogP contribution in [0, 0.1) is 0 Å². The van der Waals surface area contributed by atoms with E-state index in [4.69, 9.17) is 9.47 Å². The Hall–Kier alpha value is -2.67. The summed E-state index contributed by atoms with van der Waals surface area (Å²) in [6.45, 7) is 3.82. The molecule has 27 heavy (non-hydrogen) atoms. The third-order valence-corrected chi connectivity index (χ3v) is 4.67. The van der Waals surface area contributed by atoms with E-state index in [0.717, 1.165) is 4.90 Å². The van der Waals surface area contributed by atoms with Crippen LogP contribution in [0.5, 0.6) is 11.5 Å². The molecule has 0 saturated heterocycles. The van der Waals surface area contributed by atoms with Crippen LogP contribution >= 0.6 is 11.8 Å². The Morgan fingerprint density at radius 1 is 1.07 bits per heavy atom. The first-order chi connectivity index (χ1) is 12.9. The Kier molecular flexibility index (Phi) is 7.55. The van der Waals surface area contributed by atoms with Crippen molar-refractivity contribution in [3.8, 4) is 11.5 Å². The maximum atomic E-state index is 12.8. The summed E-state index contributed by atoms with van der Waals surface area (Å²) in [5.41, 5.74) is 1.04. The molecule has 2 amide bonds. The summed E-state index contributed by atoms with van der Waals surface area (Å²) in [5.74, 6) is 1.04. The highest BCUT2D eigenvalue weighted by Crippen LogP contribution is 2.30. The Morgan fingerprint density at radius 2 is 1.81 bits per heavy atom. The molecule has 0 bridgehead atoms. The molecule has 0 aliphatic carbocycles. The van der Waals surface area contributed by atoms with E-state index in [1.165, 1.54) is 18.9 Å². The number of anilines is 1. The third-order valence-electron chi connectivity index (χ3n) is 3.60. The van der Waals surface area contributed by atoms with Crippen molar-refractivity contribution in [2.75, 3.05) is 25.3 Å². The van der Waals surface area contributed by atoms with E-state index in [-0.39, 0.29) is 23.6 Å². The van der Waals surface area contributed by atoms with Gasteiger partial charge in [-0.2, -0.15) is 0 Å². The number of carbonyl (C=O) groups excluding carboxylic acids is 2. The Bertz CT molecular complexity index is 808. The minimum absolute atomic E-state index is 0.0676. The molecule has 0 heterocycles. The molecule has 7 heteroatoms. The molecule has 0 spiro atoms. The SMILES string of the molecule is COc1ccc(NC(=O)c2ccccc2SCC(=O)NC(C)C)c(OC)c1. The molecule has 0 aromatic heterocycles. The molecular weight excluding hydrogens is 364 g/mol. The third kappa shape index (κ3) is 5.92. The van der Waals surface area contributed by atoms with Gasteiger partial charge in [-0.3, -0.25) is 9.59 Å². The van der Waals surface area contributed by atoms with E-state index in [9.17, 15) is 9.59 Å². The maximum absolute atomic E-state index is 12.8. The standard InChI is InChI=1S/C20H24N2O4S/c1-13(2)21-19(23)12-27-18-8-6-5-7-15(18)20(24)22-16-10-9-14(25-3)11-17(16)26-4/h5-11,13H,12H2,1-4H3,(H,21,23)(H,22,24). The van der Waals surface area contributed by atoms with Crippen LogP contribution in [0.4, 0.5) is 5.69 Å². The lowest BCUT2D eigenvalue weighted by atomic mass is 10.2. The number of thioether (sulfide) groups is 1. The number of nitrogens with one attached hydrogen (secondary N) is 2. The van der Waals surface area contributed by atoms with Gasteiger partial charge in [-0.25, -0.2) is 0 Å². The van der Waals surface area contributed by atoms with Gasteiger partial charge in [0.25, 0.3) is 5.91 Å². The predicted molar refractivity (Wildman–Crippen MR) is 108 cm³/mol. The predicted octanol–water partition coefficient (Wildman–Crippen LogP) is 3.57. The summed E-state index contributed by atoms with van der Waals surface area (Å²) in [7, 11) is 3.09. The molecular formula is C20H24N2O4S. The van der Waals surface area contributed by atoms with Crippen LogP contribution in [0.25, 0.3) is 0 Å². The zero-order valence-corrected chi connectivity index (χ0v) is 16.7. The molecule has 6 nitrogen and oxygen atoms in total. The van der Waals surface area contributed by atoms with Crippen molar-refractivity contribution >= 4 is 29.3 Å². The highest BCUT2D eigenvalue weighted by atomic mass is 32.2. The molecule has 0 fully saturated rings. The minimum atomic E-state index is -0.272. The fourth-order valence-corrected chi connectivity index (χ4v) is 3.24. The van der Waals surface area contributed by atoms with E-state index in [2.05, 4.69) is 10.6 Å². The lowest BCUT2D eigenvalue weighted by Gasteiger charge is -2.13. The fourth-order valence-electron chi connectivity index (χ4n) is 2.38. The molecule has 0 unspecified atom stereocenters. The van der Waals surface area contributed by atoms with Gasteiger partial charge in [0.05, 0.1) is 31.2 Å². The van der Waals surface area contributed by atoms with Crippen LogP contribution < -0.4 is 20.1 Å².